The summed E-state index contributed by atoms with van der Waals surface area (Å²) in [5.41, 5.74) is -0.469. The molecule has 0 aliphatic carbocycles. The van der Waals surface area contributed by atoms with Gasteiger partial charge in [0.25, 0.3) is 17.9 Å². The number of hydrogen-bond donors (Lipinski definition) is 2. The molecule has 0 fully saturated rings. The van der Waals surface area contributed by atoms with Crippen molar-refractivity contribution in [2.75, 3.05) is 0 Å². The van der Waals surface area contributed by atoms with E-state index < -0.39 is 29.6 Å². The van der Waals surface area contributed by atoms with Gasteiger partial charge in [0.05, 0.1) is 11.7 Å². The van der Waals surface area contributed by atoms with Crippen molar-refractivity contribution in [2.45, 2.75) is 12.5 Å². The first-order valence-corrected chi connectivity index (χ1v) is 8.03. The summed E-state index contributed by atoms with van der Waals surface area (Å²) in [6.45, 7) is 7.50. The first kappa shape index (κ1) is 18.3. The molecule has 1 aromatic heterocycles. The Balaban J connectivity index is 1.98. The number of aromatic amines is 1. The van der Waals surface area contributed by atoms with E-state index in [1.54, 1.807) is 30.3 Å². The van der Waals surface area contributed by atoms with Crippen LogP contribution in [0.5, 0.6) is 5.75 Å². The van der Waals surface area contributed by atoms with Gasteiger partial charge in [-0.25, -0.2) is 8.78 Å². The number of carbonyl (C=O) groups excluding carboxylic acids is 1. The third-order valence-corrected chi connectivity index (χ3v) is 4.08. The van der Waals surface area contributed by atoms with Crippen molar-refractivity contribution < 1.29 is 18.3 Å². The Kier molecular flexibility index (Phi) is 5.03. The number of aromatic nitrogens is 1. The number of ether oxygens (including phenoxy) is 1. The fourth-order valence-electron chi connectivity index (χ4n) is 2.81. The molecule has 27 heavy (non-hydrogen) atoms. The van der Waals surface area contributed by atoms with Crippen LogP contribution >= 0.6 is 0 Å². The number of H-pyrrole nitrogens is 1. The number of pyridine rings is 1. The van der Waals surface area contributed by atoms with E-state index in [1.165, 1.54) is 6.08 Å². The van der Waals surface area contributed by atoms with Gasteiger partial charge in [0.2, 0.25) is 0 Å². The van der Waals surface area contributed by atoms with Crippen molar-refractivity contribution in [1.29, 1.82) is 0 Å². The van der Waals surface area contributed by atoms with Crippen LogP contribution in [0.3, 0.4) is 0 Å². The average molecular weight is 370 g/mol. The fourth-order valence-corrected chi connectivity index (χ4v) is 2.81. The van der Waals surface area contributed by atoms with Crippen molar-refractivity contribution in [3.8, 4) is 5.75 Å². The van der Waals surface area contributed by atoms with Crippen molar-refractivity contribution >= 4 is 5.91 Å². The molecular formula is C20H16F2N2O3. The molecule has 1 unspecified atom stereocenters. The molecular weight excluding hydrogens is 354 g/mol. The zero-order valence-corrected chi connectivity index (χ0v) is 14.2. The van der Waals surface area contributed by atoms with Gasteiger partial charge in [-0.15, -0.1) is 0 Å². The third-order valence-electron chi connectivity index (χ3n) is 4.08. The summed E-state index contributed by atoms with van der Waals surface area (Å²) in [5.74, 6) is 0.151. The Morgan fingerprint density at radius 1 is 1.26 bits per heavy atom. The van der Waals surface area contributed by atoms with E-state index in [0.29, 0.717) is 22.6 Å². The molecule has 2 heterocycles. The molecule has 7 heteroatoms. The van der Waals surface area contributed by atoms with Crippen LogP contribution in [0.15, 0.2) is 77.8 Å². The number of benzene rings is 1. The fraction of sp³-hybridized carbons (Fsp3) is 0.100. The van der Waals surface area contributed by atoms with Crippen LogP contribution in [0, 0.1) is 0 Å². The van der Waals surface area contributed by atoms with Crippen molar-refractivity contribution in [3.05, 3.63) is 100 Å². The van der Waals surface area contributed by atoms with Crippen LogP contribution in [0.1, 0.15) is 34.1 Å². The quantitative estimate of drug-likeness (QED) is 0.860. The number of halogens is 2. The highest BCUT2D eigenvalue weighted by atomic mass is 19.3. The molecule has 2 N–H and O–H groups in total. The predicted octanol–water partition coefficient (Wildman–Crippen LogP) is 3.80. The lowest BCUT2D eigenvalue weighted by Crippen LogP contribution is -2.36. The minimum Gasteiger partial charge on any atom is -0.457 e. The van der Waals surface area contributed by atoms with Gasteiger partial charge in [0, 0.05) is 11.1 Å². The zero-order valence-electron chi connectivity index (χ0n) is 14.2. The van der Waals surface area contributed by atoms with Gasteiger partial charge in [-0.1, -0.05) is 43.5 Å². The van der Waals surface area contributed by atoms with E-state index >= 15 is 0 Å². The summed E-state index contributed by atoms with van der Waals surface area (Å²) < 4.78 is 31.0. The molecule has 1 aliphatic heterocycles. The number of amides is 1. The molecule has 1 aliphatic rings. The van der Waals surface area contributed by atoms with E-state index in [1.807, 2.05) is 4.98 Å². The van der Waals surface area contributed by atoms with E-state index in [2.05, 4.69) is 18.5 Å². The van der Waals surface area contributed by atoms with Gasteiger partial charge in [0.15, 0.2) is 0 Å². The highest BCUT2D eigenvalue weighted by molar-refractivity contribution is 5.94. The smallest absolute Gasteiger partial charge is 0.278 e. The first-order chi connectivity index (χ1) is 12.9. The molecule has 1 aromatic carbocycles. The van der Waals surface area contributed by atoms with E-state index in [9.17, 15) is 18.4 Å². The van der Waals surface area contributed by atoms with Crippen LogP contribution in [0.25, 0.3) is 0 Å². The molecule has 1 atom stereocenters. The van der Waals surface area contributed by atoms with Gasteiger partial charge < -0.3 is 15.0 Å². The maximum absolute atomic E-state index is 12.7. The lowest BCUT2D eigenvalue weighted by atomic mass is 9.93. The zero-order chi connectivity index (χ0) is 19.6. The van der Waals surface area contributed by atoms with Gasteiger partial charge in [0.1, 0.15) is 17.1 Å². The van der Waals surface area contributed by atoms with Crippen molar-refractivity contribution in [3.63, 3.8) is 0 Å². The Labute approximate surface area is 153 Å². The standard InChI is InChI=1S/C20H16F2N2O3/c1-3-6-12-11(2)27-16-8-5-4-7-13(16)17(12)24-20(26)14-9-10-15(18(21)22)23-19(14)25/h3-10,17-18H,1-2H2,(H,23,25)(H,24,26)/b12-6+. The van der Waals surface area contributed by atoms with E-state index in [0.717, 1.165) is 12.1 Å². The van der Waals surface area contributed by atoms with Gasteiger partial charge in [-0.3, -0.25) is 9.59 Å². The van der Waals surface area contributed by atoms with Crippen LogP contribution in [0.2, 0.25) is 0 Å². The normalized spacial score (nSPS) is 17.4. The maximum atomic E-state index is 12.7. The Morgan fingerprint density at radius 2 is 2.00 bits per heavy atom. The second-order valence-corrected chi connectivity index (χ2v) is 5.78. The van der Waals surface area contributed by atoms with E-state index in [-0.39, 0.29) is 5.56 Å². The van der Waals surface area contributed by atoms with Gasteiger partial charge in [-0.2, -0.15) is 0 Å². The third kappa shape index (κ3) is 3.57. The Bertz CT molecular complexity index is 1010. The molecule has 0 bridgehead atoms. The molecule has 1 amide bonds. The second-order valence-electron chi connectivity index (χ2n) is 5.78. The maximum Gasteiger partial charge on any atom is 0.278 e. The number of para-hydroxylation sites is 1. The summed E-state index contributed by atoms with van der Waals surface area (Å²) in [5, 5.41) is 2.74. The summed E-state index contributed by atoms with van der Waals surface area (Å²) in [7, 11) is 0. The van der Waals surface area contributed by atoms with Crippen LogP contribution in [-0.2, 0) is 0 Å². The van der Waals surface area contributed by atoms with Crippen molar-refractivity contribution in [2.24, 2.45) is 0 Å². The molecule has 3 rings (SSSR count). The number of carbonyl (C=O) groups is 1. The van der Waals surface area contributed by atoms with Crippen LogP contribution in [-0.4, -0.2) is 10.9 Å². The van der Waals surface area contributed by atoms with Crippen LogP contribution < -0.4 is 15.6 Å². The number of allylic oxidation sites excluding steroid dienone is 2. The summed E-state index contributed by atoms with van der Waals surface area (Å²) in [6.07, 6.45) is 0.344. The molecule has 0 saturated carbocycles. The monoisotopic (exact) mass is 370 g/mol. The molecule has 5 nitrogen and oxygen atoms in total. The number of alkyl halides is 2. The molecule has 0 spiro atoms. The Hall–Kier alpha value is -3.48. The highest BCUT2D eigenvalue weighted by Crippen LogP contribution is 2.39. The number of fused-ring (bicyclic) bond motifs is 1. The number of hydrogen-bond acceptors (Lipinski definition) is 3. The molecule has 0 radical (unpaired) electrons. The van der Waals surface area contributed by atoms with E-state index in [4.69, 9.17) is 4.74 Å². The molecule has 138 valence electrons. The first-order valence-electron chi connectivity index (χ1n) is 8.03. The lowest BCUT2D eigenvalue weighted by molar-refractivity contribution is 0.0937. The Morgan fingerprint density at radius 3 is 2.67 bits per heavy atom. The van der Waals surface area contributed by atoms with Gasteiger partial charge in [-0.05, 0) is 18.2 Å². The summed E-state index contributed by atoms with van der Waals surface area (Å²) in [4.78, 5) is 26.7. The lowest BCUT2D eigenvalue weighted by Gasteiger charge is -2.30. The number of nitrogens with one attached hydrogen (secondary N) is 2. The largest absolute Gasteiger partial charge is 0.457 e. The number of rotatable bonds is 4. The highest BCUT2D eigenvalue weighted by Gasteiger charge is 2.30. The minimum atomic E-state index is -2.83. The van der Waals surface area contributed by atoms with Crippen LogP contribution in [0.4, 0.5) is 8.78 Å². The van der Waals surface area contributed by atoms with Gasteiger partial charge >= 0.3 is 0 Å². The summed E-state index contributed by atoms with van der Waals surface area (Å²) >= 11 is 0. The average Bonchev–Trinajstić information content (AvgIpc) is 2.64. The minimum absolute atomic E-state index is 0.271. The summed E-state index contributed by atoms with van der Waals surface area (Å²) in [6, 6.07) is 8.52. The van der Waals surface area contributed by atoms with Crippen molar-refractivity contribution in [1.82, 2.24) is 10.3 Å². The SMILES string of the molecule is C=C/C=C1\C(=C)Oc2ccccc2C1NC(=O)c1ccc(C(F)F)[nH]c1=O. The molecule has 0 saturated heterocycles. The predicted molar refractivity (Wildman–Crippen MR) is 96.7 cm³/mol. The molecule has 2 aromatic rings. The second kappa shape index (κ2) is 7.41. The topological polar surface area (TPSA) is 71.2 Å².